The third-order valence-corrected chi connectivity index (χ3v) is 3.57. The predicted octanol–water partition coefficient (Wildman–Crippen LogP) is 1.33. The van der Waals surface area contributed by atoms with Crippen LogP contribution in [0, 0.1) is 5.92 Å². The zero-order valence-corrected chi connectivity index (χ0v) is 9.97. The van der Waals surface area contributed by atoms with Gasteiger partial charge in [-0.05, 0) is 25.7 Å². The first kappa shape index (κ1) is 11.3. The van der Waals surface area contributed by atoms with Crippen molar-refractivity contribution in [2.45, 2.75) is 37.8 Å². The van der Waals surface area contributed by atoms with Crippen molar-refractivity contribution in [1.29, 1.82) is 0 Å². The summed E-state index contributed by atoms with van der Waals surface area (Å²) in [5.41, 5.74) is 0. The monoisotopic (exact) mass is 248 g/mol. The van der Waals surface area contributed by atoms with E-state index in [1.807, 2.05) is 6.07 Å². The van der Waals surface area contributed by atoms with Crippen LogP contribution in [0.25, 0.3) is 0 Å². The molecule has 2 saturated carbocycles. The number of aliphatic carboxylic acids is 1. The fourth-order valence-corrected chi connectivity index (χ4v) is 2.09. The predicted molar refractivity (Wildman–Crippen MR) is 66.4 cm³/mol. The Morgan fingerprint density at radius 3 is 2.56 bits per heavy atom. The lowest BCUT2D eigenvalue weighted by Gasteiger charge is -2.26. The third kappa shape index (κ3) is 2.37. The van der Waals surface area contributed by atoms with Gasteiger partial charge in [-0.2, -0.15) is 0 Å². The van der Waals surface area contributed by atoms with E-state index in [1.54, 1.807) is 0 Å². The Morgan fingerprint density at radius 2 is 2.00 bits per heavy atom. The van der Waals surface area contributed by atoms with Gasteiger partial charge in [0.15, 0.2) is 0 Å². The summed E-state index contributed by atoms with van der Waals surface area (Å²) in [5, 5.41) is 15.3. The van der Waals surface area contributed by atoms with E-state index >= 15 is 0 Å². The average molecular weight is 248 g/mol. The van der Waals surface area contributed by atoms with Crippen molar-refractivity contribution in [3.05, 3.63) is 12.4 Å². The lowest BCUT2D eigenvalue weighted by atomic mass is 9.93. The molecule has 6 heteroatoms. The number of rotatable bonds is 5. The van der Waals surface area contributed by atoms with Crippen LogP contribution in [0.1, 0.15) is 25.7 Å². The van der Waals surface area contributed by atoms with Gasteiger partial charge in [-0.3, -0.25) is 4.79 Å². The van der Waals surface area contributed by atoms with Gasteiger partial charge < -0.3 is 15.7 Å². The third-order valence-electron chi connectivity index (χ3n) is 3.57. The molecule has 3 N–H and O–H groups in total. The van der Waals surface area contributed by atoms with Crippen molar-refractivity contribution in [2.24, 2.45) is 5.92 Å². The van der Waals surface area contributed by atoms with Crippen molar-refractivity contribution in [3.63, 3.8) is 0 Å². The summed E-state index contributed by atoms with van der Waals surface area (Å²) in [6, 6.07) is 2.38. The van der Waals surface area contributed by atoms with Crippen molar-refractivity contribution in [3.8, 4) is 0 Å². The molecule has 2 fully saturated rings. The molecule has 96 valence electrons. The molecule has 0 bridgehead atoms. The molecule has 0 aromatic carbocycles. The van der Waals surface area contributed by atoms with Gasteiger partial charge in [0.25, 0.3) is 0 Å². The van der Waals surface area contributed by atoms with Crippen molar-refractivity contribution >= 4 is 17.6 Å². The number of nitrogens with one attached hydrogen (secondary N) is 2. The van der Waals surface area contributed by atoms with Crippen LogP contribution in [0.2, 0.25) is 0 Å². The van der Waals surface area contributed by atoms with Crippen LogP contribution in [-0.4, -0.2) is 33.1 Å². The van der Waals surface area contributed by atoms with Crippen LogP contribution in [0.3, 0.4) is 0 Å². The standard InChI is InChI=1S/C12H16N4O2/c17-12(18)8-4-9(8)16-11-5-10(13-6-14-11)15-7-2-1-3-7/h5-9H,1-4H2,(H,17,18)(H2,13,14,15,16). The first-order valence-electron chi connectivity index (χ1n) is 6.30. The molecule has 2 aliphatic rings. The lowest BCUT2D eigenvalue weighted by molar-refractivity contribution is -0.138. The van der Waals surface area contributed by atoms with E-state index in [-0.39, 0.29) is 12.0 Å². The molecule has 1 aromatic rings. The molecule has 2 atom stereocenters. The minimum Gasteiger partial charge on any atom is -0.481 e. The largest absolute Gasteiger partial charge is 0.481 e. The second-order valence-electron chi connectivity index (χ2n) is 4.99. The molecular weight excluding hydrogens is 232 g/mol. The molecule has 1 aromatic heterocycles. The van der Waals surface area contributed by atoms with E-state index in [4.69, 9.17) is 5.11 Å². The van der Waals surface area contributed by atoms with Crippen LogP contribution in [0.5, 0.6) is 0 Å². The molecular formula is C12H16N4O2. The maximum atomic E-state index is 10.7. The van der Waals surface area contributed by atoms with Crippen LogP contribution in [0.15, 0.2) is 12.4 Å². The zero-order chi connectivity index (χ0) is 12.5. The fourth-order valence-electron chi connectivity index (χ4n) is 2.09. The lowest BCUT2D eigenvalue weighted by Crippen LogP contribution is -2.27. The average Bonchev–Trinajstić information content (AvgIpc) is 3.04. The van der Waals surface area contributed by atoms with Crippen molar-refractivity contribution in [2.75, 3.05) is 10.6 Å². The van der Waals surface area contributed by atoms with Gasteiger partial charge in [-0.1, -0.05) is 0 Å². The van der Waals surface area contributed by atoms with Crippen LogP contribution in [-0.2, 0) is 4.79 Å². The molecule has 0 saturated heterocycles. The smallest absolute Gasteiger partial charge is 0.308 e. The van der Waals surface area contributed by atoms with Crippen molar-refractivity contribution in [1.82, 2.24) is 9.97 Å². The number of carbonyl (C=O) groups is 1. The van der Waals surface area contributed by atoms with Gasteiger partial charge >= 0.3 is 5.97 Å². The summed E-state index contributed by atoms with van der Waals surface area (Å²) in [7, 11) is 0. The Kier molecular flexibility index (Phi) is 2.77. The number of hydrogen-bond donors (Lipinski definition) is 3. The minimum atomic E-state index is -0.741. The SMILES string of the molecule is O=C(O)C1CC1Nc1cc(NC2CCC2)ncn1. The number of anilines is 2. The molecule has 0 amide bonds. The molecule has 18 heavy (non-hydrogen) atoms. The van der Waals surface area contributed by atoms with E-state index < -0.39 is 5.97 Å². The molecule has 1 heterocycles. The summed E-state index contributed by atoms with van der Waals surface area (Å²) >= 11 is 0. The van der Waals surface area contributed by atoms with Gasteiger partial charge in [0.2, 0.25) is 0 Å². The second kappa shape index (κ2) is 4.44. The van der Waals surface area contributed by atoms with Gasteiger partial charge in [-0.25, -0.2) is 9.97 Å². The normalized spacial score (nSPS) is 26.2. The van der Waals surface area contributed by atoms with E-state index in [9.17, 15) is 4.79 Å². The number of nitrogens with zero attached hydrogens (tertiary/aromatic N) is 2. The minimum absolute atomic E-state index is 0.00829. The number of hydrogen-bond acceptors (Lipinski definition) is 5. The highest BCUT2D eigenvalue weighted by molar-refractivity contribution is 5.75. The number of aromatic nitrogens is 2. The maximum Gasteiger partial charge on any atom is 0.308 e. The van der Waals surface area contributed by atoms with E-state index in [0.717, 1.165) is 5.82 Å². The summed E-state index contributed by atoms with van der Waals surface area (Å²) in [4.78, 5) is 19.0. The van der Waals surface area contributed by atoms with Gasteiger partial charge in [0, 0.05) is 18.2 Å². The van der Waals surface area contributed by atoms with Crippen LogP contribution >= 0.6 is 0 Å². The highest BCUT2D eigenvalue weighted by atomic mass is 16.4. The van der Waals surface area contributed by atoms with E-state index in [2.05, 4.69) is 20.6 Å². The molecule has 3 rings (SSSR count). The highest BCUT2D eigenvalue weighted by Crippen LogP contribution is 2.33. The summed E-state index contributed by atoms with van der Waals surface area (Å²) in [6.07, 6.45) is 5.83. The number of carboxylic acid groups (broad SMARTS) is 1. The summed E-state index contributed by atoms with van der Waals surface area (Å²) < 4.78 is 0. The molecule has 2 aliphatic carbocycles. The topological polar surface area (TPSA) is 87.1 Å². The molecule has 0 radical (unpaired) electrons. The van der Waals surface area contributed by atoms with E-state index in [1.165, 1.54) is 25.6 Å². The first-order chi connectivity index (χ1) is 8.72. The Hall–Kier alpha value is -1.85. The Morgan fingerprint density at radius 1 is 1.28 bits per heavy atom. The van der Waals surface area contributed by atoms with Gasteiger partial charge in [0.1, 0.15) is 18.0 Å². The van der Waals surface area contributed by atoms with E-state index in [0.29, 0.717) is 18.3 Å². The Labute approximate surface area is 105 Å². The Bertz CT molecular complexity index is 461. The van der Waals surface area contributed by atoms with Crippen LogP contribution < -0.4 is 10.6 Å². The number of carboxylic acids is 1. The van der Waals surface area contributed by atoms with Crippen molar-refractivity contribution < 1.29 is 9.90 Å². The molecule has 0 spiro atoms. The van der Waals surface area contributed by atoms with Gasteiger partial charge in [-0.15, -0.1) is 0 Å². The Balaban J connectivity index is 1.59. The fraction of sp³-hybridized carbons (Fsp3) is 0.583. The second-order valence-corrected chi connectivity index (χ2v) is 4.99. The van der Waals surface area contributed by atoms with Gasteiger partial charge in [0.05, 0.1) is 5.92 Å². The summed E-state index contributed by atoms with van der Waals surface area (Å²) in [6.45, 7) is 0. The summed E-state index contributed by atoms with van der Waals surface area (Å²) in [5.74, 6) is 0.489. The maximum absolute atomic E-state index is 10.7. The first-order valence-corrected chi connectivity index (χ1v) is 6.30. The molecule has 0 aliphatic heterocycles. The molecule has 2 unspecified atom stereocenters. The zero-order valence-electron chi connectivity index (χ0n) is 9.97. The van der Waals surface area contributed by atoms with Crippen LogP contribution in [0.4, 0.5) is 11.6 Å². The molecule has 6 nitrogen and oxygen atoms in total. The highest BCUT2D eigenvalue weighted by Gasteiger charge is 2.43. The quantitative estimate of drug-likeness (QED) is 0.728.